The van der Waals surface area contributed by atoms with Crippen molar-refractivity contribution in [1.29, 1.82) is 0 Å². The van der Waals surface area contributed by atoms with Gasteiger partial charge in [-0.1, -0.05) is 57.2 Å². The minimum absolute atomic E-state index is 0.00338. The Morgan fingerprint density at radius 2 is 1.63 bits per heavy atom. The van der Waals surface area contributed by atoms with Gasteiger partial charge in [0, 0.05) is 56.6 Å². The first kappa shape index (κ1) is 42.2. The number of aliphatic hydroxyl groups excluding tert-OH is 1. The van der Waals surface area contributed by atoms with Crippen LogP contribution in [0.2, 0.25) is 0 Å². The third-order valence-corrected chi connectivity index (χ3v) is 12.2. The van der Waals surface area contributed by atoms with Crippen molar-refractivity contribution >= 4 is 40.6 Å². The van der Waals surface area contributed by atoms with E-state index in [1.807, 2.05) is 88.7 Å². The van der Waals surface area contributed by atoms with Crippen LogP contribution in [0, 0.1) is 12.3 Å². The highest BCUT2D eigenvalue weighted by atomic mass is 32.1. The molecule has 15 nitrogen and oxygen atoms in total. The van der Waals surface area contributed by atoms with Crippen molar-refractivity contribution in [3.8, 4) is 38.7 Å². The number of anilines is 2. The molecule has 5 heterocycles. The SMILES string of the molecule is Cc1ncsc1-c1ccc([C@H](C)NC(=O)[C@@H]2C[C@@H](O)CN2C(=O)[C@@H](NC(=O)CN2CCN(c3ccc(-c4cc(-c5cccnc5O)nnc4N)cc3)CC2)C(C)(C)C)cc1. The van der Waals surface area contributed by atoms with Gasteiger partial charge in [0.25, 0.3) is 0 Å². The number of thiazole rings is 1. The highest BCUT2D eigenvalue weighted by molar-refractivity contribution is 7.13. The number of nitrogen functional groups attached to an aromatic ring is 1. The Labute approximate surface area is 353 Å². The van der Waals surface area contributed by atoms with Crippen molar-refractivity contribution in [1.82, 2.24) is 40.6 Å². The summed E-state index contributed by atoms with van der Waals surface area (Å²) >= 11 is 1.58. The molecule has 0 radical (unpaired) electrons. The fourth-order valence-electron chi connectivity index (χ4n) is 7.80. The van der Waals surface area contributed by atoms with Crippen molar-refractivity contribution in [2.24, 2.45) is 5.41 Å². The number of rotatable bonds is 11. The van der Waals surface area contributed by atoms with Crippen LogP contribution in [0.3, 0.4) is 0 Å². The van der Waals surface area contributed by atoms with Crippen LogP contribution in [0.15, 0.2) is 78.4 Å². The third-order valence-electron chi connectivity index (χ3n) is 11.2. The summed E-state index contributed by atoms with van der Waals surface area (Å²) in [7, 11) is 0. The van der Waals surface area contributed by atoms with E-state index in [9.17, 15) is 24.6 Å². The molecule has 2 aromatic carbocycles. The number of aliphatic hydroxyl groups is 1. The molecule has 5 aromatic rings. The van der Waals surface area contributed by atoms with Crippen molar-refractivity contribution in [3.63, 3.8) is 0 Å². The zero-order chi connectivity index (χ0) is 42.7. The molecule has 2 fully saturated rings. The van der Waals surface area contributed by atoms with Gasteiger partial charge < -0.3 is 36.4 Å². The lowest BCUT2D eigenvalue weighted by Crippen LogP contribution is -2.59. The molecule has 0 aliphatic carbocycles. The van der Waals surface area contributed by atoms with Gasteiger partial charge in [0.2, 0.25) is 23.6 Å². The number of amides is 3. The van der Waals surface area contributed by atoms with Crippen molar-refractivity contribution in [2.45, 2.75) is 65.3 Å². The number of aromatic hydroxyl groups is 1. The molecule has 314 valence electrons. The van der Waals surface area contributed by atoms with E-state index in [-0.39, 0.29) is 49.1 Å². The van der Waals surface area contributed by atoms with Crippen LogP contribution in [0.25, 0.3) is 32.8 Å². The number of nitrogens with zero attached hydrogens (tertiary/aromatic N) is 7. The monoisotopic (exact) mass is 832 g/mol. The largest absolute Gasteiger partial charge is 0.493 e. The Hall–Kier alpha value is -5.97. The fraction of sp³-hybridized carbons (Fsp3) is 0.386. The van der Waals surface area contributed by atoms with E-state index in [1.54, 1.807) is 29.5 Å². The molecule has 0 saturated carbocycles. The summed E-state index contributed by atoms with van der Waals surface area (Å²) in [6.07, 6.45) is 0.746. The second-order valence-electron chi connectivity index (χ2n) is 16.6. The average molecular weight is 833 g/mol. The minimum Gasteiger partial charge on any atom is -0.493 e. The smallest absolute Gasteiger partial charge is 0.246 e. The maximum absolute atomic E-state index is 14.2. The number of carbonyl (C=O) groups is 3. The number of nitrogens with two attached hydrogens (primary N) is 1. The van der Waals surface area contributed by atoms with Gasteiger partial charge in [-0.15, -0.1) is 21.5 Å². The normalized spacial score (nSPS) is 18.2. The Bertz CT molecular complexity index is 2320. The number of hydrogen-bond acceptors (Lipinski definition) is 13. The highest BCUT2D eigenvalue weighted by Gasteiger charge is 2.45. The number of aromatic nitrogens is 4. The van der Waals surface area contributed by atoms with Crippen LogP contribution >= 0.6 is 11.3 Å². The van der Waals surface area contributed by atoms with Gasteiger partial charge in [-0.05, 0) is 66.3 Å². The zero-order valence-electron chi connectivity index (χ0n) is 34.5. The van der Waals surface area contributed by atoms with Crippen LogP contribution in [-0.4, -0.2) is 115 Å². The summed E-state index contributed by atoms with van der Waals surface area (Å²) in [5.74, 6) is -0.896. The molecule has 16 heteroatoms. The van der Waals surface area contributed by atoms with Crippen LogP contribution < -0.4 is 21.3 Å². The number of hydrogen-bond donors (Lipinski definition) is 5. The molecule has 2 saturated heterocycles. The van der Waals surface area contributed by atoms with E-state index in [0.717, 1.165) is 32.9 Å². The molecule has 3 amide bonds. The average Bonchev–Trinajstić information content (AvgIpc) is 3.85. The summed E-state index contributed by atoms with van der Waals surface area (Å²) < 4.78 is 0. The summed E-state index contributed by atoms with van der Waals surface area (Å²) in [5.41, 5.74) is 13.8. The Kier molecular flexibility index (Phi) is 12.4. The highest BCUT2D eigenvalue weighted by Crippen LogP contribution is 2.33. The first-order chi connectivity index (χ1) is 28.7. The number of β-amino-alcohol motifs (C(OH)–C–C–N with tert-alkyl or cyclic N) is 1. The van der Waals surface area contributed by atoms with E-state index in [2.05, 4.69) is 40.6 Å². The van der Waals surface area contributed by atoms with E-state index in [4.69, 9.17) is 5.73 Å². The lowest BCUT2D eigenvalue weighted by atomic mass is 9.85. The van der Waals surface area contributed by atoms with E-state index < -0.39 is 29.5 Å². The predicted molar refractivity (Wildman–Crippen MR) is 232 cm³/mol. The molecule has 3 aromatic heterocycles. The third kappa shape index (κ3) is 9.40. The standard InChI is InChI=1S/C44H52N10O5S/c1-26(28-8-10-30(11-9-28)38-27(2)47-25-60-38)48-42(58)36-21-32(55)23-54(36)43(59)39(44(3,4)5)49-37(56)24-52-17-19-53(20-18-52)31-14-12-29(13-15-31)34-22-35(50-51-40(34)45)33-7-6-16-46-41(33)57/h6-16,22,25-26,32,36,39,55H,17-21,23-24H2,1-5H3,(H2,45,51)(H,46,57)(H,48,58)(H,49,56)/t26-,32+,36-,39+/m0/s1. The molecule has 0 unspecified atom stereocenters. The maximum atomic E-state index is 14.2. The molecule has 0 spiro atoms. The number of pyridine rings is 1. The quantitative estimate of drug-likeness (QED) is 0.126. The topological polar surface area (TPSA) is 203 Å². The Morgan fingerprint density at radius 3 is 2.28 bits per heavy atom. The van der Waals surface area contributed by atoms with Crippen molar-refractivity contribution < 1.29 is 24.6 Å². The van der Waals surface area contributed by atoms with Crippen molar-refractivity contribution in [3.05, 3.63) is 89.7 Å². The van der Waals surface area contributed by atoms with Gasteiger partial charge in [-0.2, -0.15) is 0 Å². The van der Waals surface area contributed by atoms with Crippen LogP contribution in [0.1, 0.15) is 51.4 Å². The molecule has 2 aliphatic heterocycles. The number of likely N-dealkylation sites (tertiary alicyclic amines) is 1. The number of nitrogens with one attached hydrogen (secondary N) is 2. The molecular formula is C44H52N10O5S. The lowest BCUT2D eigenvalue weighted by Gasteiger charge is -2.37. The number of piperazine rings is 1. The number of carbonyl (C=O) groups excluding carboxylic acids is 3. The molecule has 4 atom stereocenters. The van der Waals surface area contributed by atoms with Gasteiger partial charge in [0.15, 0.2) is 5.82 Å². The fourth-order valence-corrected chi connectivity index (χ4v) is 8.61. The predicted octanol–water partition coefficient (Wildman–Crippen LogP) is 4.42. The molecule has 2 aliphatic rings. The summed E-state index contributed by atoms with van der Waals surface area (Å²) in [6, 6.07) is 19.0. The van der Waals surface area contributed by atoms with Crippen molar-refractivity contribution in [2.75, 3.05) is 49.9 Å². The van der Waals surface area contributed by atoms with Gasteiger partial charge in [0.1, 0.15) is 12.1 Å². The molecule has 7 rings (SSSR count). The lowest BCUT2D eigenvalue weighted by molar-refractivity contribution is -0.144. The first-order valence-corrected chi connectivity index (χ1v) is 21.0. The second kappa shape index (κ2) is 17.7. The maximum Gasteiger partial charge on any atom is 0.246 e. The molecular weight excluding hydrogens is 781 g/mol. The van der Waals surface area contributed by atoms with Crippen LogP contribution in [0.4, 0.5) is 11.5 Å². The summed E-state index contributed by atoms with van der Waals surface area (Å²) in [4.78, 5) is 56.6. The summed E-state index contributed by atoms with van der Waals surface area (Å²) in [6.45, 7) is 12.3. The zero-order valence-corrected chi connectivity index (χ0v) is 35.3. The summed E-state index contributed by atoms with van der Waals surface area (Å²) in [5, 5.41) is 35.2. The first-order valence-electron chi connectivity index (χ1n) is 20.1. The van der Waals surface area contributed by atoms with Crippen LogP contribution in [-0.2, 0) is 14.4 Å². The van der Waals surface area contributed by atoms with E-state index in [0.29, 0.717) is 43.0 Å². The minimum atomic E-state index is -0.915. The Morgan fingerprint density at radius 1 is 0.933 bits per heavy atom. The van der Waals surface area contributed by atoms with E-state index >= 15 is 0 Å². The van der Waals surface area contributed by atoms with Gasteiger partial charge >= 0.3 is 0 Å². The van der Waals surface area contributed by atoms with Gasteiger partial charge in [0.05, 0.1) is 46.0 Å². The molecule has 60 heavy (non-hydrogen) atoms. The van der Waals surface area contributed by atoms with E-state index in [1.165, 1.54) is 11.1 Å². The number of benzene rings is 2. The number of aryl methyl sites for hydroxylation is 1. The molecule has 6 N–H and O–H groups in total. The molecule has 0 bridgehead atoms. The second-order valence-corrected chi connectivity index (χ2v) is 17.4. The Balaban J connectivity index is 0.932. The van der Waals surface area contributed by atoms with Crippen LogP contribution in [0.5, 0.6) is 5.88 Å². The van der Waals surface area contributed by atoms with Gasteiger partial charge in [-0.3, -0.25) is 19.3 Å². The van der Waals surface area contributed by atoms with Gasteiger partial charge in [-0.25, -0.2) is 9.97 Å².